The van der Waals surface area contributed by atoms with Crippen LogP contribution in [0.4, 0.5) is 0 Å². The fourth-order valence-electron chi connectivity index (χ4n) is 1.13. The summed E-state index contributed by atoms with van der Waals surface area (Å²) < 4.78 is 10.1. The van der Waals surface area contributed by atoms with E-state index in [1.807, 2.05) is 0 Å². The maximum Gasteiger partial charge on any atom is 0.326 e. The van der Waals surface area contributed by atoms with Gasteiger partial charge in [0.2, 0.25) is 0 Å². The van der Waals surface area contributed by atoms with Crippen molar-refractivity contribution >= 4 is 5.97 Å². The van der Waals surface area contributed by atoms with Gasteiger partial charge < -0.3 is 20.3 Å². The summed E-state index contributed by atoms with van der Waals surface area (Å²) in [4.78, 5) is 11.4. The molecule has 5 nitrogen and oxygen atoms in total. The van der Waals surface area contributed by atoms with Crippen molar-refractivity contribution in [2.45, 2.75) is 38.0 Å². The smallest absolute Gasteiger partial charge is 0.326 e. The summed E-state index contributed by atoms with van der Waals surface area (Å²) in [5, 5.41) is 9.47. The summed E-state index contributed by atoms with van der Waals surface area (Å²) in [6.07, 6.45) is 0.487. The van der Waals surface area contributed by atoms with Gasteiger partial charge in [-0.3, -0.25) is 4.79 Å². The van der Waals surface area contributed by atoms with Crippen LogP contribution in [-0.4, -0.2) is 42.0 Å². The number of aliphatic hydroxyl groups is 1. The van der Waals surface area contributed by atoms with Gasteiger partial charge in [-0.1, -0.05) is 0 Å². The Bertz CT molecular complexity index is 205. The average Bonchev–Trinajstić information content (AvgIpc) is 2.53. The molecule has 1 heterocycles. The lowest BCUT2D eigenvalue weighted by Crippen LogP contribution is -2.50. The molecule has 0 aromatic carbocycles. The van der Waals surface area contributed by atoms with Crippen molar-refractivity contribution in [1.29, 1.82) is 0 Å². The SMILES string of the molecule is CC(C)(O)C(N)C(=O)OC1CCOC1. The zero-order valence-corrected chi connectivity index (χ0v) is 8.53. The maximum atomic E-state index is 11.4. The summed E-state index contributed by atoms with van der Waals surface area (Å²) in [6, 6.07) is -1.01. The summed E-state index contributed by atoms with van der Waals surface area (Å²) in [7, 11) is 0. The lowest BCUT2D eigenvalue weighted by Gasteiger charge is -2.24. The van der Waals surface area contributed by atoms with E-state index in [2.05, 4.69) is 0 Å². The Hall–Kier alpha value is -0.650. The Morgan fingerprint density at radius 2 is 2.36 bits per heavy atom. The fourth-order valence-corrected chi connectivity index (χ4v) is 1.13. The maximum absolute atomic E-state index is 11.4. The quantitative estimate of drug-likeness (QED) is 0.599. The minimum Gasteiger partial charge on any atom is -0.459 e. The van der Waals surface area contributed by atoms with E-state index in [4.69, 9.17) is 15.2 Å². The number of carbonyl (C=O) groups excluding carboxylic acids is 1. The molecule has 2 atom stereocenters. The van der Waals surface area contributed by atoms with E-state index in [-0.39, 0.29) is 6.10 Å². The summed E-state index contributed by atoms with van der Waals surface area (Å²) in [5.41, 5.74) is 4.25. The van der Waals surface area contributed by atoms with Crippen LogP contribution < -0.4 is 5.73 Å². The number of hydrogen-bond donors (Lipinski definition) is 2. The lowest BCUT2D eigenvalue weighted by molar-refractivity contribution is -0.156. The van der Waals surface area contributed by atoms with Gasteiger partial charge in [-0.2, -0.15) is 0 Å². The zero-order chi connectivity index (χ0) is 10.8. The molecule has 0 spiro atoms. The Labute approximate surface area is 83.2 Å². The van der Waals surface area contributed by atoms with Gasteiger partial charge in [0.05, 0.1) is 18.8 Å². The highest BCUT2D eigenvalue weighted by Gasteiger charge is 2.33. The molecule has 1 aliphatic heterocycles. The van der Waals surface area contributed by atoms with Gasteiger partial charge >= 0.3 is 5.97 Å². The molecule has 82 valence electrons. The van der Waals surface area contributed by atoms with E-state index in [0.717, 1.165) is 0 Å². The van der Waals surface area contributed by atoms with Crippen molar-refractivity contribution in [3.05, 3.63) is 0 Å². The van der Waals surface area contributed by atoms with Gasteiger partial charge in [0.15, 0.2) is 0 Å². The lowest BCUT2D eigenvalue weighted by atomic mass is 10.0. The molecule has 0 aromatic heterocycles. The van der Waals surface area contributed by atoms with Crippen LogP contribution in [0.15, 0.2) is 0 Å². The van der Waals surface area contributed by atoms with Crippen LogP contribution in [0.2, 0.25) is 0 Å². The van der Waals surface area contributed by atoms with E-state index in [9.17, 15) is 9.90 Å². The molecule has 0 amide bonds. The third-order valence-corrected chi connectivity index (χ3v) is 2.19. The molecule has 0 aromatic rings. The Morgan fingerprint density at radius 3 is 2.79 bits per heavy atom. The first-order valence-corrected chi connectivity index (χ1v) is 4.67. The summed E-state index contributed by atoms with van der Waals surface area (Å²) >= 11 is 0. The van der Waals surface area contributed by atoms with Crippen molar-refractivity contribution < 1.29 is 19.4 Å². The van der Waals surface area contributed by atoms with Crippen LogP contribution >= 0.6 is 0 Å². The topological polar surface area (TPSA) is 81.8 Å². The first kappa shape index (κ1) is 11.4. The Balaban J connectivity index is 2.41. The number of rotatable bonds is 3. The predicted molar refractivity (Wildman–Crippen MR) is 49.6 cm³/mol. The third-order valence-electron chi connectivity index (χ3n) is 2.19. The molecule has 14 heavy (non-hydrogen) atoms. The highest BCUT2D eigenvalue weighted by atomic mass is 16.6. The summed E-state index contributed by atoms with van der Waals surface area (Å²) in [6.45, 7) is 3.98. The predicted octanol–water partition coefficient (Wildman–Crippen LogP) is -0.583. The fraction of sp³-hybridized carbons (Fsp3) is 0.889. The number of esters is 1. The molecule has 1 saturated heterocycles. The molecule has 0 aliphatic carbocycles. The average molecular weight is 203 g/mol. The molecule has 1 aliphatic rings. The van der Waals surface area contributed by atoms with E-state index in [1.165, 1.54) is 13.8 Å². The monoisotopic (exact) mass is 203 g/mol. The van der Waals surface area contributed by atoms with Gasteiger partial charge in [-0.25, -0.2) is 0 Å². The largest absolute Gasteiger partial charge is 0.459 e. The molecule has 0 saturated carbocycles. The highest BCUT2D eigenvalue weighted by Crippen LogP contribution is 2.12. The molecular formula is C9H17NO4. The van der Waals surface area contributed by atoms with Crippen LogP contribution in [0.5, 0.6) is 0 Å². The second-order valence-corrected chi connectivity index (χ2v) is 4.05. The van der Waals surface area contributed by atoms with Crippen molar-refractivity contribution in [2.75, 3.05) is 13.2 Å². The van der Waals surface area contributed by atoms with Crippen molar-refractivity contribution in [2.24, 2.45) is 5.73 Å². The van der Waals surface area contributed by atoms with Gasteiger partial charge in [-0.15, -0.1) is 0 Å². The molecule has 3 N–H and O–H groups in total. The Morgan fingerprint density at radius 1 is 1.71 bits per heavy atom. The molecule has 5 heteroatoms. The second-order valence-electron chi connectivity index (χ2n) is 4.05. The third kappa shape index (κ3) is 2.94. The van der Waals surface area contributed by atoms with Crippen LogP contribution in [0.3, 0.4) is 0 Å². The molecular weight excluding hydrogens is 186 g/mol. The van der Waals surface area contributed by atoms with Crippen LogP contribution in [0.1, 0.15) is 20.3 Å². The number of hydrogen-bond acceptors (Lipinski definition) is 5. The molecule has 1 fully saturated rings. The van der Waals surface area contributed by atoms with Gasteiger partial charge in [0.25, 0.3) is 0 Å². The van der Waals surface area contributed by atoms with E-state index < -0.39 is 17.6 Å². The van der Waals surface area contributed by atoms with Crippen LogP contribution in [0, 0.1) is 0 Å². The number of carbonyl (C=O) groups is 1. The van der Waals surface area contributed by atoms with Gasteiger partial charge in [0, 0.05) is 6.42 Å². The van der Waals surface area contributed by atoms with Crippen LogP contribution in [-0.2, 0) is 14.3 Å². The van der Waals surface area contributed by atoms with Crippen molar-refractivity contribution in [3.63, 3.8) is 0 Å². The van der Waals surface area contributed by atoms with Crippen LogP contribution in [0.25, 0.3) is 0 Å². The Kier molecular flexibility index (Phi) is 3.47. The molecule has 1 rings (SSSR count). The first-order chi connectivity index (χ1) is 6.41. The van der Waals surface area contributed by atoms with E-state index >= 15 is 0 Å². The zero-order valence-electron chi connectivity index (χ0n) is 8.53. The minimum absolute atomic E-state index is 0.212. The summed E-state index contributed by atoms with van der Waals surface area (Å²) in [5.74, 6) is -0.576. The molecule has 0 radical (unpaired) electrons. The van der Waals surface area contributed by atoms with E-state index in [1.54, 1.807) is 0 Å². The van der Waals surface area contributed by atoms with Gasteiger partial charge in [0.1, 0.15) is 12.1 Å². The van der Waals surface area contributed by atoms with Crippen molar-refractivity contribution in [1.82, 2.24) is 0 Å². The standard InChI is InChI=1S/C9H17NO4/c1-9(2,12)7(10)8(11)14-6-3-4-13-5-6/h6-7,12H,3-5,10H2,1-2H3. The normalized spacial score (nSPS) is 24.7. The number of ether oxygens (including phenoxy) is 2. The van der Waals surface area contributed by atoms with Crippen molar-refractivity contribution in [3.8, 4) is 0 Å². The molecule has 2 unspecified atom stereocenters. The minimum atomic E-state index is -1.25. The molecule has 0 bridgehead atoms. The van der Waals surface area contributed by atoms with E-state index in [0.29, 0.717) is 19.6 Å². The highest BCUT2D eigenvalue weighted by molar-refractivity contribution is 5.77. The first-order valence-electron chi connectivity index (χ1n) is 4.67. The number of nitrogens with two attached hydrogens (primary N) is 1. The van der Waals surface area contributed by atoms with Gasteiger partial charge in [-0.05, 0) is 13.8 Å². The second kappa shape index (κ2) is 4.25.